The van der Waals surface area contributed by atoms with Crippen molar-refractivity contribution in [2.24, 2.45) is 4.99 Å². The molecule has 0 aromatic heterocycles. The second kappa shape index (κ2) is 11.0. The first-order valence-electron chi connectivity index (χ1n) is 7.68. The lowest BCUT2D eigenvalue weighted by Gasteiger charge is -2.13. The Hall–Kier alpha value is -1.67. The third-order valence-corrected chi connectivity index (χ3v) is 3.98. The number of halogens is 2. The average Bonchev–Trinajstić information content (AvgIpc) is 2.60. The van der Waals surface area contributed by atoms with Crippen molar-refractivity contribution in [2.75, 3.05) is 20.7 Å². The molecule has 25 heavy (non-hydrogen) atoms. The molecule has 0 aliphatic carbocycles. The van der Waals surface area contributed by atoms with E-state index in [9.17, 15) is 5.11 Å². The van der Waals surface area contributed by atoms with Gasteiger partial charge in [-0.1, -0.05) is 35.9 Å². The van der Waals surface area contributed by atoms with Crippen LogP contribution >= 0.6 is 35.6 Å². The number of phenols is 1. The molecular formula is C18H23ClIN3O2. The highest BCUT2D eigenvalue weighted by molar-refractivity contribution is 14.0. The van der Waals surface area contributed by atoms with Crippen LogP contribution in [0.4, 0.5) is 0 Å². The maximum atomic E-state index is 9.96. The van der Waals surface area contributed by atoms with Crippen LogP contribution in [0, 0.1) is 0 Å². The fourth-order valence-electron chi connectivity index (χ4n) is 2.24. The highest BCUT2D eigenvalue weighted by Gasteiger charge is 2.05. The minimum atomic E-state index is 0. The van der Waals surface area contributed by atoms with Gasteiger partial charge in [-0.2, -0.15) is 0 Å². The topological polar surface area (TPSA) is 65.9 Å². The molecule has 0 aliphatic heterocycles. The first-order valence-corrected chi connectivity index (χ1v) is 8.05. The van der Waals surface area contributed by atoms with E-state index in [0.717, 1.165) is 16.1 Å². The van der Waals surface area contributed by atoms with Crippen LogP contribution in [0.25, 0.3) is 0 Å². The molecule has 0 unspecified atom stereocenters. The fourth-order valence-corrected chi connectivity index (χ4v) is 2.44. The van der Waals surface area contributed by atoms with E-state index in [1.54, 1.807) is 20.2 Å². The molecule has 0 fully saturated rings. The minimum absolute atomic E-state index is 0. The highest BCUT2D eigenvalue weighted by atomic mass is 127. The predicted molar refractivity (Wildman–Crippen MR) is 113 cm³/mol. The summed E-state index contributed by atoms with van der Waals surface area (Å²) in [6.07, 6.45) is 0.669. The number of aromatic hydroxyl groups is 1. The van der Waals surface area contributed by atoms with Crippen molar-refractivity contribution >= 4 is 41.5 Å². The summed E-state index contributed by atoms with van der Waals surface area (Å²) in [5.41, 5.74) is 1.86. The van der Waals surface area contributed by atoms with E-state index >= 15 is 0 Å². The van der Waals surface area contributed by atoms with Crippen molar-refractivity contribution in [1.29, 1.82) is 0 Å². The Morgan fingerprint density at radius 3 is 2.56 bits per heavy atom. The zero-order valence-corrected chi connectivity index (χ0v) is 17.3. The number of phenolic OH excluding ortho intramolecular Hbond substituents is 1. The molecule has 3 N–H and O–H groups in total. The van der Waals surface area contributed by atoms with Crippen LogP contribution in [0.2, 0.25) is 5.02 Å². The van der Waals surface area contributed by atoms with Gasteiger partial charge >= 0.3 is 0 Å². The number of nitrogens with one attached hydrogen (secondary N) is 2. The monoisotopic (exact) mass is 475 g/mol. The van der Waals surface area contributed by atoms with E-state index in [1.165, 1.54) is 0 Å². The number of nitrogens with zero attached hydrogens (tertiary/aromatic N) is 1. The predicted octanol–water partition coefficient (Wildman–Crippen LogP) is 3.58. The van der Waals surface area contributed by atoms with E-state index in [-0.39, 0.29) is 29.7 Å². The van der Waals surface area contributed by atoms with Gasteiger partial charge in [0.05, 0.1) is 7.11 Å². The lowest BCUT2D eigenvalue weighted by atomic mass is 10.1. The SMILES string of the molecule is CN=C(NCCc1ccc(OC)cc1O)NCc1ccccc1Cl.I. The molecule has 0 saturated heterocycles. The van der Waals surface area contributed by atoms with E-state index in [4.69, 9.17) is 16.3 Å². The molecule has 0 saturated carbocycles. The van der Waals surface area contributed by atoms with Crippen molar-refractivity contribution in [3.05, 3.63) is 58.6 Å². The molecule has 136 valence electrons. The number of benzene rings is 2. The Labute approximate surface area is 170 Å². The largest absolute Gasteiger partial charge is 0.508 e. The highest BCUT2D eigenvalue weighted by Crippen LogP contribution is 2.23. The first-order chi connectivity index (χ1) is 11.6. The molecule has 0 bridgehead atoms. The maximum absolute atomic E-state index is 9.96. The average molecular weight is 476 g/mol. The normalized spacial score (nSPS) is 10.8. The zero-order chi connectivity index (χ0) is 17.4. The standard InChI is InChI=1S/C18H22ClN3O2.HI/c1-20-18(22-12-14-5-3-4-6-16(14)19)21-10-9-13-7-8-15(24-2)11-17(13)23;/h3-8,11,23H,9-10,12H2,1-2H3,(H2,20,21,22);1H. The van der Waals surface area contributed by atoms with Crippen LogP contribution in [0.3, 0.4) is 0 Å². The van der Waals surface area contributed by atoms with Gasteiger partial charge < -0.3 is 20.5 Å². The van der Waals surface area contributed by atoms with Gasteiger partial charge in [0.1, 0.15) is 11.5 Å². The third-order valence-electron chi connectivity index (χ3n) is 3.61. The Kier molecular flexibility index (Phi) is 9.44. The number of methoxy groups -OCH3 is 1. The lowest BCUT2D eigenvalue weighted by molar-refractivity contribution is 0.406. The molecule has 2 rings (SSSR count). The molecule has 0 radical (unpaired) electrons. The quantitative estimate of drug-likeness (QED) is 0.339. The molecule has 0 spiro atoms. The molecule has 0 heterocycles. The Bertz CT molecular complexity index is 710. The summed E-state index contributed by atoms with van der Waals surface area (Å²) in [7, 11) is 3.29. The number of guanidine groups is 1. The van der Waals surface area contributed by atoms with Gasteiger partial charge in [-0.05, 0) is 29.7 Å². The lowest BCUT2D eigenvalue weighted by Crippen LogP contribution is -2.37. The van der Waals surface area contributed by atoms with E-state index in [0.29, 0.717) is 31.2 Å². The summed E-state index contributed by atoms with van der Waals surface area (Å²) in [5, 5.41) is 17.1. The van der Waals surface area contributed by atoms with Gasteiger partial charge in [0.25, 0.3) is 0 Å². The molecule has 2 aromatic rings. The summed E-state index contributed by atoms with van der Waals surface area (Å²) < 4.78 is 5.08. The third kappa shape index (κ3) is 6.62. The van der Waals surface area contributed by atoms with Gasteiger partial charge in [-0.15, -0.1) is 24.0 Å². The van der Waals surface area contributed by atoms with Crippen LogP contribution in [-0.4, -0.2) is 31.8 Å². The van der Waals surface area contributed by atoms with Crippen molar-refractivity contribution in [1.82, 2.24) is 10.6 Å². The first kappa shape index (κ1) is 21.4. The van der Waals surface area contributed by atoms with Crippen LogP contribution in [0.15, 0.2) is 47.5 Å². The molecule has 0 aliphatic rings. The Morgan fingerprint density at radius 1 is 1.16 bits per heavy atom. The van der Waals surface area contributed by atoms with Crippen LogP contribution in [-0.2, 0) is 13.0 Å². The summed E-state index contributed by atoms with van der Waals surface area (Å²) in [6.45, 7) is 1.23. The van der Waals surface area contributed by atoms with Crippen molar-refractivity contribution < 1.29 is 9.84 Å². The number of rotatable bonds is 6. The second-order valence-corrected chi connectivity index (χ2v) is 5.60. The molecular weight excluding hydrogens is 453 g/mol. The minimum Gasteiger partial charge on any atom is -0.508 e. The van der Waals surface area contributed by atoms with Crippen LogP contribution < -0.4 is 15.4 Å². The molecule has 0 amide bonds. The Balaban J connectivity index is 0.00000312. The van der Waals surface area contributed by atoms with Crippen molar-refractivity contribution in [3.8, 4) is 11.5 Å². The molecule has 7 heteroatoms. The van der Waals surface area contributed by atoms with E-state index in [1.807, 2.05) is 36.4 Å². The number of hydrogen-bond acceptors (Lipinski definition) is 3. The molecule has 5 nitrogen and oxygen atoms in total. The van der Waals surface area contributed by atoms with Gasteiger partial charge in [-0.25, -0.2) is 0 Å². The zero-order valence-electron chi connectivity index (χ0n) is 14.3. The van der Waals surface area contributed by atoms with Gasteiger partial charge in [0.2, 0.25) is 0 Å². The summed E-state index contributed by atoms with van der Waals surface area (Å²) in [6, 6.07) is 13.0. The number of hydrogen-bond donors (Lipinski definition) is 3. The van der Waals surface area contributed by atoms with Gasteiger partial charge in [0.15, 0.2) is 5.96 Å². The van der Waals surface area contributed by atoms with Crippen molar-refractivity contribution in [3.63, 3.8) is 0 Å². The summed E-state index contributed by atoms with van der Waals surface area (Å²) in [4.78, 5) is 4.18. The number of aliphatic imine (C=N–C) groups is 1. The summed E-state index contributed by atoms with van der Waals surface area (Å²) >= 11 is 6.14. The van der Waals surface area contributed by atoms with Crippen molar-refractivity contribution in [2.45, 2.75) is 13.0 Å². The van der Waals surface area contributed by atoms with E-state index in [2.05, 4.69) is 15.6 Å². The van der Waals surface area contributed by atoms with Gasteiger partial charge in [0, 0.05) is 31.2 Å². The second-order valence-electron chi connectivity index (χ2n) is 5.19. The maximum Gasteiger partial charge on any atom is 0.191 e. The molecule has 2 aromatic carbocycles. The summed E-state index contributed by atoms with van der Waals surface area (Å²) in [5.74, 6) is 1.56. The Morgan fingerprint density at radius 2 is 1.92 bits per heavy atom. The van der Waals surface area contributed by atoms with Gasteiger partial charge in [-0.3, -0.25) is 4.99 Å². The molecule has 0 atom stereocenters. The van der Waals surface area contributed by atoms with E-state index < -0.39 is 0 Å². The smallest absolute Gasteiger partial charge is 0.191 e. The number of ether oxygens (including phenoxy) is 1. The van der Waals surface area contributed by atoms with Crippen LogP contribution in [0.1, 0.15) is 11.1 Å². The fraction of sp³-hybridized carbons (Fsp3) is 0.278. The van der Waals surface area contributed by atoms with Crippen LogP contribution in [0.5, 0.6) is 11.5 Å².